The first kappa shape index (κ1) is 17.5. The normalized spacial score (nSPS) is 10.2. The predicted molar refractivity (Wildman–Crippen MR) is 98.8 cm³/mol. The van der Waals surface area contributed by atoms with Crippen molar-refractivity contribution in [1.82, 2.24) is 5.43 Å². The standard InChI is InChI=1S/C21H18FN3O/c22-21-12-16(13-23)9-10-18(21)15-26-20-8-4-5-17(11-20)14-24-25-19-6-2-1-3-7-19/h1-12,24-25H,14-15H2. The van der Waals surface area contributed by atoms with Crippen LogP contribution in [0.5, 0.6) is 5.75 Å². The van der Waals surface area contributed by atoms with E-state index >= 15 is 0 Å². The van der Waals surface area contributed by atoms with Crippen molar-refractivity contribution < 1.29 is 9.13 Å². The molecule has 2 N–H and O–H groups in total. The zero-order chi connectivity index (χ0) is 18.2. The summed E-state index contributed by atoms with van der Waals surface area (Å²) in [6.07, 6.45) is 0. The van der Waals surface area contributed by atoms with Crippen LogP contribution < -0.4 is 15.6 Å². The molecule has 3 aromatic rings. The lowest BCUT2D eigenvalue weighted by atomic mass is 10.1. The van der Waals surface area contributed by atoms with Gasteiger partial charge in [-0.3, -0.25) is 0 Å². The van der Waals surface area contributed by atoms with Crippen molar-refractivity contribution in [1.29, 1.82) is 5.26 Å². The van der Waals surface area contributed by atoms with Gasteiger partial charge in [-0.05, 0) is 42.0 Å². The maximum atomic E-state index is 13.9. The Kier molecular flexibility index (Phi) is 5.81. The predicted octanol–water partition coefficient (Wildman–Crippen LogP) is 4.39. The molecule has 0 aromatic heterocycles. The zero-order valence-corrected chi connectivity index (χ0v) is 14.1. The van der Waals surface area contributed by atoms with E-state index in [9.17, 15) is 4.39 Å². The number of benzene rings is 3. The van der Waals surface area contributed by atoms with Crippen LogP contribution in [0.4, 0.5) is 10.1 Å². The number of hydrazine groups is 1. The molecule has 5 heteroatoms. The van der Waals surface area contributed by atoms with Crippen LogP contribution in [0.2, 0.25) is 0 Å². The summed E-state index contributed by atoms with van der Waals surface area (Å²) in [6.45, 7) is 0.716. The molecule has 3 rings (SSSR count). The Labute approximate surface area is 151 Å². The lowest BCUT2D eigenvalue weighted by Gasteiger charge is -2.11. The minimum Gasteiger partial charge on any atom is -0.489 e. The molecule has 0 spiro atoms. The van der Waals surface area contributed by atoms with Crippen LogP contribution in [0.3, 0.4) is 0 Å². The maximum Gasteiger partial charge on any atom is 0.131 e. The average Bonchev–Trinajstić information content (AvgIpc) is 2.68. The smallest absolute Gasteiger partial charge is 0.131 e. The van der Waals surface area contributed by atoms with Crippen molar-refractivity contribution >= 4 is 5.69 Å². The Bertz CT molecular complexity index is 907. The number of halogens is 1. The molecule has 0 bridgehead atoms. The highest BCUT2D eigenvalue weighted by Crippen LogP contribution is 2.17. The Morgan fingerprint density at radius 1 is 0.962 bits per heavy atom. The highest BCUT2D eigenvalue weighted by atomic mass is 19.1. The fourth-order valence-electron chi connectivity index (χ4n) is 2.41. The molecule has 0 saturated heterocycles. The van der Waals surface area contributed by atoms with Crippen LogP contribution in [0.1, 0.15) is 16.7 Å². The first-order valence-corrected chi connectivity index (χ1v) is 8.19. The van der Waals surface area contributed by atoms with Gasteiger partial charge >= 0.3 is 0 Å². The summed E-state index contributed by atoms with van der Waals surface area (Å²) in [4.78, 5) is 0. The topological polar surface area (TPSA) is 57.1 Å². The number of hydrogen-bond donors (Lipinski definition) is 2. The first-order chi connectivity index (χ1) is 12.7. The SMILES string of the molecule is N#Cc1ccc(COc2cccc(CNNc3ccccc3)c2)c(F)c1. The van der Waals surface area contributed by atoms with E-state index in [1.165, 1.54) is 6.07 Å². The molecular formula is C21H18FN3O. The van der Waals surface area contributed by atoms with E-state index in [-0.39, 0.29) is 6.61 Å². The minimum atomic E-state index is -0.436. The maximum absolute atomic E-state index is 13.9. The van der Waals surface area contributed by atoms with E-state index in [2.05, 4.69) is 10.9 Å². The monoisotopic (exact) mass is 347 g/mol. The van der Waals surface area contributed by atoms with Crippen LogP contribution in [0.15, 0.2) is 72.8 Å². The lowest BCUT2D eigenvalue weighted by molar-refractivity contribution is 0.299. The third-order valence-electron chi connectivity index (χ3n) is 3.77. The van der Waals surface area contributed by atoms with E-state index in [0.29, 0.717) is 23.4 Å². The van der Waals surface area contributed by atoms with Crippen molar-refractivity contribution in [2.24, 2.45) is 0 Å². The number of nitriles is 1. The average molecular weight is 347 g/mol. The summed E-state index contributed by atoms with van der Waals surface area (Å²) < 4.78 is 19.6. The summed E-state index contributed by atoms with van der Waals surface area (Å²) in [6, 6.07) is 23.7. The van der Waals surface area contributed by atoms with Gasteiger partial charge in [-0.2, -0.15) is 5.26 Å². The van der Waals surface area contributed by atoms with Crippen LogP contribution in [-0.4, -0.2) is 0 Å². The van der Waals surface area contributed by atoms with Crippen LogP contribution in [0, 0.1) is 17.1 Å². The molecule has 0 saturated carbocycles. The van der Waals surface area contributed by atoms with Crippen molar-refractivity contribution in [2.45, 2.75) is 13.2 Å². The number of hydrogen-bond acceptors (Lipinski definition) is 4. The quantitative estimate of drug-likeness (QED) is 0.622. The highest BCUT2D eigenvalue weighted by Gasteiger charge is 2.05. The van der Waals surface area contributed by atoms with Gasteiger partial charge in [0.1, 0.15) is 18.2 Å². The Balaban J connectivity index is 1.55. The van der Waals surface area contributed by atoms with Crippen molar-refractivity contribution in [2.75, 3.05) is 5.43 Å². The molecule has 0 atom stereocenters. The number of nitrogens with one attached hydrogen (secondary N) is 2. The largest absolute Gasteiger partial charge is 0.489 e. The Hall–Kier alpha value is -3.36. The van der Waals surface area contributed by atoms with Gasteiger partial charge in [0.2, 0.25) is 0 Å². The molecule has 26 heavy (non-hydrogen) atoms. The van der Waals surface area contributed by atoms with Crippen LogP contribution >= 0.6 is 0 Å². The molecule has 0 aliphatic heterocycles. The molecule has 3 aromatic carbocycles. The van der Waals surface area contributed by atoms with E-state index in [1.807, 2.05) is 60.7 Å². The third-order valence-corrected chi connectivity index (χ3v) is 3.77. The fraction of sp³-hybridized carbons (Fsp3) is 0.0952. The van der Waals surface area contributed by atoms with Gasteiger partial charge in [-0.15, -0.1) is 0 Å². The van der Waals surface area contributed by atoms with E-state index in [1.54, 1.807) is 12.1 Å². The number of rotatable bonds is 7. The fourth-order valence-corrected chi connectivity index (χ4v) is 2.41. The second-order valence-corrected chi connectivity index (χ2v) is 5.70. The van der Waals surface area contributed by atoms with E-state index in [0.717, 1.165) is 11.3 Å². The number of ether oxygens (including phenoxy) is 1. The van der Waals surface area contributed by atoms with Crippen LogP contribution in [0.25, 0.3) is 0 Å². The third kappa shape index (κ3) is 4.82. The molecule has 0 heterocycles. The summed E-state index contributed by atoms with van der Waals surface area (Å²) >= 11 is 0. The zero-order valence-electron chi connectivity index (χ0n) is 14.1. The van der Waals surface area contributed by atoms with Gasteiger partial charge in [-0.25, -0.2) is 9.82 Å². The van der Waals surface area contributed by atoms with Gasteiger partial charge in [-0.1, -0.05) is 36.4 Å². The molecular weight excluding hydrogens is 329 g/mol. The van der Waals surface area contributed by atoms with Gasteiger partial charge in [0.25, 0.3) is 0 Å². The first-order valence-electron chi connectivity index (χ1n) is 8.19. The Morgan fingerprint density at radius 3 is 2.58 bits per heavy atom. The molecule has 130 valence electrons. The van der Waals surface area contributed by atoms with E-state index in [4.69, 9.17) is 10.00 Å². The molecule has 0 aliphatic carbocycles. The van der Waals surface area contributed by atoms with Gasteiger partial charge < -0.3 is 10.2 Å². The van der Waals surface area contributed by atoms with Crippen molar-refractivity contribution in [3.63, 3.8) is 0 Å². The number of para-hydroxylation sites is 1. The van der Waals surface area contributed by atoms with Crippen molar-refractivity contribution in [3.05, 3.63) is 95.3 Å². The highest BCUT2D eigenvalue weighted by molar-refractivity contribution is 5.41. The molecule has 0 radical (unpaired) electrons. The second-order valence-electron chi connectivity index (χ2n) is 5.70. The molecule has 0 amide bonds. The molecule has 0 unspecified atom stereocenters. The van der Waals surface area contributed by atoms with Gasteiger partial charge in [0, 0.05) is 17.8 Å². The number of anilines is 1. The summed E-state index contributed by atoms with van der Waals surface area (Å²) in [5.74, 6) is 0.224. The lowest BCUT2D eigenvalue weighted by Crippen LogP contribution is -2.20. The van der Waals surface area contributed by atoms with Crippen molar-refractivity contribution in [3.8, 4) is 11.8 Å². The number of nitrogens with zero attached hydrogens (tertiary/aromatic N) is 1. The van der Waals surface area contributed by atoms with Gasteiger partial charge in [0.05, 0.1) is 11.6 Å². The van der Waals surface area contributed by atoms with Gasteiger partial charge in [0.15, 0.2) is 0 Å². The molecule has 0 fully saturated rings. The minimum absolute atomic E-state index is 0.108. The molecule has 0 aliphatic rings. The van der Waals surface area contributed by atoms with E-state index < -0.39 is 5.82 Å². The Morgan fingerprint density at radius 2 is 1.81 bits per heavy atom. The summed E-state index contributed by atoms with van der Waals surface area (Å²) in [7, 11) is 0. The summed E-state index contributed by atoms with van der Waals surface area (Å²) in [5.41, 5.74) is 8.99. The molecule has 4 nitrogen and oxygen atoms in total. The summed E-state index contributed by atoms with van der Waals surface area (Å²) in [5, 5.41) is 8.78. The van der Waals surface area contributed by atoms with Crippen LogP contribution in [-0.2, 0) is 13.2 Å². The second kappa shape index (κ2) is 8.65.